The molecule has 0 unspecified atom stereocenters. The lowest BCUT2D eigenvalue weighted by atomic mass is 9.88. The highest BCUT2D eigenvalue weighted by molar-refractivity contribution is 7.23. The van der Waals surface area contributed by atoms with Crippen LogP contribution < -0.4 is 15.4 Å². The highest BCUT2D eigenvalue weighted by Crippen LogP contribution is 2.52. The molecular weight excluding hydrogens is 787 g/mol. The largest absolute Gasteiger partial charge is 0.461 e. The Hall–Kier alpha value is -4.54. The van der Waals surface area contributed by atoms with E-state index in [2.05, 4.69) is 9.97 Å². The van der Waals surface area contributed by atoms with E-state index in [0.29, 0.717) is 56.2 Å². The molecule has 4 saturated heterocycles. The number of nitrogens with zero attached hydrogens (tertiary/aromatic N) is 6. The van der Waals surface area contributed by atoms with Gasteiger partial charge in [-0.25, -0.2) is 8.78 Å². The summed E-state index contributed by atoms with van der Waals surface area (Å²) >= 11 is 0.530. The van der Waals surface area contributed by atoms with Gasteiger partial charge >= 0.3 is 18.4 Å². The number of carbonyl (C=O) groups is 1. The average Bonchev–Trinajstić information content (AvgIpc) is 3.99. The molecule has 6 heterocycles. The first-order valence-electron chi connectivity index (χ1n) is 18.7. The van der Waals surface area contributed by atoms with E-state index >= 15 is 30.7 Å². The smallest absolute Gasteiger partial charge is 0.419 e. The molecule has 0 saturated carbocycles. The van der Waals surface area contributed by atoms with Gasteiger partial charge in [0.1, 0.15) is 41.6 Å². The Morgan fingerprint density at radius 3 is 2.61 bits per heavy atom. The van der Waals surface area contributed by atoms with Crippen molar-refractivity contribution in [2.24, 2.45) is 0 Å². The number of aromatic nitrogens is 2. The van der Waals surface area contributed by atoms with Crippen LogP contribution in [0.3, 0.4) is 0 Å². The number of nitrogen functional groups attached to an aromatic ring is 1. The lowest BCUT2D eigenvalue weighted by molar-refractivity contribution is -0.141. The fraction of sp³-hybridized carbons (Fsp3) is 0.526. The van der Waals surface area contributed by atoms with Crippen molar-refractivity contribution in [1.82, 2.24) is 19.8 Å². The van der Waals surface area contributed by atoms with Gasteiger partial charge in [0.15, 0.2) is 0 Å². The number of nitrogens with two attached hydrogens (primary N) is 1. The number of carbonyl (C=O) groups excluding carboxylic acids is 1. The number of halogens is 8. The number of likely N-dealkylation sites (tertiary alicyclic amines) is 1. The standard InChI is InChI=1S/C38H37F8N7O3S/c1-2-53(20-8-11-51(17-20)34(54)26-5-3-12-55-26)33-22-13-24(37(41,42)43)28(21-6-7-25(40)31-27(21)23(15-47)32(48)57-31)29(38(44,45)46)30(22)49-35(50-33)56-18-36-9-4-10-52(36)16-19(39)14-36/h6-7,13,19-20,26H,2-5,8-12,14,16-18,48H2,1H3/t19-,20+,26+,36+/m1/s1. The molecular formula is C38H37F8N7O3S. The maximum absolute atomic E-state index is 15.7. The van der Waals surface area contributed by atoms with Crippen molar-refractivity contribution in [3.05, 3.63) is 40.7 Å². The molecule has 0 spiro atoms. The molecule has 4 fully saturated rings. The van der Waals surface area contributed by atoms with Gasteiger partial charge in [0, 0.05) is 61.6 Å². The Balaban J connectivity index is 1.36. The van der Waals surface area contributed by atoms with Gasteiger partial charge in [0.25, 0.3) is 5.91 Å². The predicted molar refractivity (Wildman–Crippen MR) is 195 cm³/mol. The summed E-state index contributed by atoms with van der Waals surface area (Å²) in [5.41, 5.74) is -1.84. The molecule has 4 aromatic rings. The summed E-state index contributed by atoms with van der Waals surface area (Å²) in [4.78, 5) is 27.0. The summed E-state index contributed by atoms with van der Waals surface area (Å²) in [5, 5.41) is 8.54. The molecule has 4 aliphatic heterocycles. The molecule has 10 nitrogen and oxygen atoms in total. The number of anilines is 2. The van der Waals surface area contributed by atoms with E-state index in [9.17, 15) is 14.4 Å². The molecule has 4 atom stereocenters. The summed E-state index contributed by atoms with van der Waals surface area (Å²) in [5.74, 6) is -1.51. The second-order valence-corrected chi connectivity index (χ2v) is 16.1. The quantitative estimate of drug-likeness (QED) is 0.178. The number of amides is 1. The van der Waals surface area contributed by atoms with Crippen LogP contribution in [-0.2, 0) is 21.9 Å². The number of nitriles is 1. The maximum atomic E-state index is 15.7. The molecule has 57 heavy (non-hydrogen) atoms. The van der Waals surface area contributed by atoms with Crippen LogP contribution in [0, 0.1) is 17.1 Å². The number of rotatable bonds is 8. The molecule has 2 N–H and O–H groups in total. The number of hydrogen-bond acceptors (Lipinski definition) is 10. The van der Waals surface area contributed by atoms with Gasteiger partial charge in [-0.2, -0.15) is 41.6 Å². The fourth-order valence-corrected chi connectivity index (χ4v) is 10.2. The first-order chi connectivity index (χ1) is 27.0. The molecule has 304 valence electrons. The van der Waals surface area contributed by atoms with E-state index in [-0.39, 0.29) is 60.6 Å². The Kier molecular flexibility index (Phi) is 9.91. The Bertz CT molecular complexity index is 2290. The highest BCUT2D eigenvalue weighted by Gasteiger charge is 2.50. The van der Waals surface area contributed by atoms with Crippen LogP contribution in [0.4, 0.5) is 45.9 Å². The molecule has 19 heteroatoms. The summed E-state index contributed by atoms with van der Waals surface area (Å²) in [6.45, 7) is 3.08. The van der Waals surface area contributed by atoms with Crippen LogP contribution in [0.15, 0.2) is 18.2 Å². The van der Waals surface area contributed by atoms with Gasteiger partial charge in [-0.15, -0.1) is 11.3 Å². The van der Waals surface area contributed by atoms with Crippen molar-refractivity contribution in [3.8, 4) is 23.2 Å². The van der Waals surface area contributed by atoms with Gasteiger partial charge in [0.05, 0.1) is 32.4 Å². The SMILES string of the molecule is CCN(c1nc(OC[C@@]23CCCN2C[C@H](F)C3)nc2c(C(F)(F)F)c(-c3ccc(F)c4sc(N)c(C#N)c34)c(C(F)(F)F)cc12)[C@H]1CCN(C(=O)[C@@H]2CCCO2)C1. The fourth-order valence-electron chi connectivity index (χ4n) is 9.20. The molecule has 1 amide bonds. The van der Waals surface area contributed by atoms with Crippen LogP contribution in [0.2, 0.25) is 0 Å². The maximum Gasteiger partial charge on any atom is 0.419 e. The van der Waals surface area contributed by atoms with E-state index in [1.54, 1.807) is 22.8 Å². The van der Waals surface area contributed by atoms with E-state index in [4.69, 9.17) is 15.2 Å². The average molecular weight is 824 g/mol. The summed E-state index contributed by atoms with van der Waals surface area (Å²) in [6.07, 6.45) is -9.76. The third kappa shape index (κ3) is 6.76. The zero-order valence-electron chi connectivity index (χ0n) is 30.6. The third-order valence-electron chi connectivity index (χ3n) is 11.7. The van der Waals surface area contributed by atoms with Crippen molar-refractivity contribution in [3.63, 3.8) is 0 Å². The van der Waals surface area contributed by atoms with Crippen molar-refractivity contribution in [1.29, 1.82) is 5.26 Å². The van der Waals surface area contributed by atoms with Gasteiger partial charge in [-0.3, -0.25) is 9.69 Å². The number of likely N-dealkylation sites (N-methyl/N-ethyl adjacent to an activating group) is 1. The van der Waals surface area contributed by atoms with E-state index < -0.39 is 92.1 Å². The number of thiophene rings is 1. The molecule has 0 bridgehead atoms. The minimum absolute atomic E-state index is 0.0577. The lowest BCUT2D eigenvalue weighted by Gasteiger charge is -2.32. The van der Waals surface area contributed by atoms with Gasteiger partial charge in [-0.1, -0.05) is 6.07 Å². The van der Waals surface area contributed by atoms with Crippen LogP contribution in [0.1, 0.15) is 62.1 Å². The third-order valence-corrected chi connectivity index (χ3v) is 12.7. The number of hydrogen-bond donors (Lipinski definition) is 1. The Morgan fingerprint density at radius 2 is 1.93 bits per heavy atom. The number of fused-ring (bicyclic) bond motifs is 3. The Labute approximate surface area is 325 Å². The minimum Gasteiger partial charge on any atom is -0.461 e. The summed E-state index contributed by atoms with van der Waals surface area (Å²) < 4.78 is 134. The van der Waals surface area contributed by atoms with Crippen molar-refractivity contribution in [2.45, 2.75) is 81.7 Å². The lowest BCUT2D eigenvalue weighted by Crippen LogP contribution is -2.44. The van der Waals surface area contributed by atoms with Crippen molar-refractivity contribution >= 4 is 49.1 Å². The molecule has 2 aromatic carbocycles. The van der Waals surface area contributed by atoms with Crippen LogP contribution in [0.25, 0.3) is 32.1 Å². The molecule has 8 rings (SSSR count). The minimum atomic E-state index is -5.52. The first kappa shape index (κ1) is 39.3. The second kappa shape index (κ2) is 14.4. The van der Waals surface area contributed by atoms with Crippen molar-refractivity contribution in [2.75, 3.05) is 56.6 Å². The van der Waals surface area contributed by atoms with Gasteiger partial charge < -0.3 is 25.0 Å². The van der Waals surface area contributed by atoms with E-state index in [1.165, 1.54) is 0 Å². The highest BCUT2D eigenvalue weighted by atomic mass is 32.1. The Morgan fingerprint density at radius 1 is 1.14 bits per heavy atom. The zero-order valence-corrected chi connectivity index (χ0v) is 31.4. The molecule has 0 radical (unpaired) electrons. The van der Waals surface area contributed by atoms with E-state index in [1.807, 2.05) is 4.90 Å². The summed E-state index contributed by atoms with van der Waals surface area (Å²) in [7, 11) is 0. The molecule has 4 aliphatic rings. The van der Waals surface area contributed by atoms with Crippen molar-refractivity contribution < 1.29 is 49.4 Å². The van der Waals surface area contributed by atoms with Crippen LogP contribution in [-0.4, -0.2) is 95.5 Å². The zero-order chi connectivity index (χ0) is 40.6. The summed E-state index contributed by atoms with van der Waals surface area (Å²) in [6, 6.07) is 2.61. The predicted octanol–water partition coefficient (Wildman–Crippen LogP) is 7.70. The van der Waals surface area contributed by atoms with Gasteiger partial charge in [-0.05, 0) is 63.3 Å². The first-order valence-corrected chi connectivity index (χ1v) is 19.5. The number of alkyl halides is 7. The van der Waals surface area contributed by atoms with Crippen LogP contribution >= 0.6 is 11.3 Å². The van der Waals surface area contributed by atoms with Crippen LogP contribution in [0.5, 0.6) is 6.01 Å². The second-order valence-electron chi connectivity index (χ2n) is 15.0. The van der Waals surface area contributed by atoms with Gasteiger partial charge in [0.2, 0.25) is 0 Å². The monoisotopic (exact) mass is 823 g/mol. The number of benzene rings is 2. The normalized spacial score (nSPS) is 24.1. The van der Waals surface area contributed by atoms with E-state index in [0.717, 1.165) is 18.6 Å². The topological polar surface area (TPSA) is 121 Å². The molecule has 0 aliphatic carbocycles. The molecule has 2 aromatic heterocycles. The number of ether oxygens (including phenoxy) is 2.